The lowest BCUT2D eigenvalue weighted by atomic mass is 10.0. The molecule has 0 rings (SSSR count). The van der Waals surface area contributed by atoms with Crippen LogP contribution in [0.4, 0.5) is 0 Å². The van der Waals surface area contributed by atoms with Crippen molar-refractivity contribution in [1.82, 2.24) is 0 Å². The van der Waals surface area contributed by atoms with Crippen LogP contribution in [0.1, 0.15) is 238 Å². The van der Waals surface area contributed by atoms with E-state index in [0.717, 1.165) is 51.4 Å². The lowest BCUT2D eigenvalue weighted by Crippen LogP contribution is -2.05. The number of hydrogen-bond donors (Lipinski definition) is 0. The molecule has 0 aromatic heterocycles. The Bertz CT molecular complexity index is 608. The minimum atomic E-state index is 0. The van der Waals surface area contributed by atoms with Crippen molar-refractivity contribution >= 4 is 35.7 Å². The second-order valence-corrected chi connectivity index (χ2v) is 11.5. The van der Waals surface area contributed by atoms with Crippen molar-refractivity contribution in [2.45, 2.75) is 236 Å². The van der Waals surface area contributed by atoms with Gasteiger partial charge in [-0.2, -0.15) is 0 Å². The molecule has 0 amide bonds. The van der Waals surface area contributed by atoms with Gasteiger partial charge in [0.25, 0.3) is 0 Å². The van der Waals surface area contributed by atoms with Crippen LogP contribution in [0.3, 0.4) is 0 Å². The highest BCUT2D eigenvalue weighted by Gasteiger charge is 2.05. The first-order valence-corrected chi connectivity index (χ1v) is 19.4. The lowest BCUT2D eigenvalue weighted by Gasteiger charge is -2.03. The summed E-state index contributed by atoms with van der Waals surface area (Å²) in [5.41, 5.74) is 0. The van der Waals surface area contributed by atoms with Crippen molar-refractivity contribution in [2.24, 2.45) is 17.8 Å². The number of carbonyl (C=O) groups is 6. The minimum absolute atomic E-state index is 0. The van der Waals surface area contributed by atoms with Gasteiger partial charge in [0.2, 0.25) is 0 Å². The fourth-order valence-electron chi connectivity index (χ4n) is 2.41. The van der Waals surface area contributed by atoms with Crippen LogP contribution in [0.15, 0.2) is 0 Å². The van der Waals surface area contributed by atoms with Crippen LogP contribution < -0.4 is 0 Å². The lowest BCUT2D eigenvalue weighted by molar-refractivity contribution is -0.121. The van der Waals surface area contributed by atoms with Crippen molar-refractivity contribution < 1.29 is 30.1 Å². The SMILES string of the molecule is C.C=O.CC.CCC.CCC.CCC(C)=O.CCCC(C)C(C)=O.CCCC(C)C(C)=O.CCCCC(C)=O.CCCCC(C)C(C)=O.[3H]CC. The number of carbonyl (C=O) groups excluding carboxylic acids is 6. The summed E-state index contributed by atoms with van der Waals surface area (Å²) in [6.45, 7) is 41.2. The van der Waals surface area contributed by atoms with Crippen LogP contribution in [0, 0.1) is 17.8 Å². The van der Waals surface area contributed by atoms with E-state index in [0.29, 0.717) is 36.5 Å². The van der Waals surface area contributed by atoms with Gasteiger partial charge in [0.15, 0.2) is 0 Å². The van der Waals surface area contributed by atoms with Gasteiger partial charge >= 0.3 is 0 Å². The Kier molecular flexibility index (Phi) is 119. The van der Waals surface area contributed by atoms with E-state index in [1.54, 1.807) is 41.5 Å². The van der Waals surface area contributed by atoms with E-state index < -0.39 is 0 Å². The molecular formula is C44H98O6. The van der Waals surface area contributed by atoms with E-state index in [1.165, 1.54) is 25.7 Å². The van der Waals surface area contributed by atoms with Crippen LogP contribution in [0.5, 0.6) is 0 Å². The predicted molar refractivity (Wildman–Crippen MR) is 229 cm³/mol. The Balaban J connectivity index is -0.0000000402. The van der Waals surface area contributed by atoms with E-state index in [1.807, 2.05) is 48.3 Å². The second-order valence-electron chi connectivity index (χ2n) is 11.5. The average Bonchev–Trinajstić information content (AvgIpc) is 3.06. The number of unbranched alkanes of at least 4 members (excludes halogenated alkanes) is 2. The van der Waals surface area contributed by atoms with Gasteiger partial charge in [-0.15, -0.1) is 0 Å². The van der Waals surface area contributed by atoms with Gasteiger partial charge in [-0.05, 0) is 60.3 Å². The molecule has 0 aliphatic heterocycles. The highest BCUT2D eigenvalue weighted by molar-refractivity contribution is 5.78. The number of Topliss-reactive ketones (excluding diaryl/α,β-unsaturated/α-hetero) is 5. The standard InChI is InChI=1S/C8H16O.2C7H14O.C6H12O.C4H8O.2C3H8.2C2H6.CH2O.CH4/c1-4-5-6-7(2)8(3)9;2*1-4-5-6(2)7(3)8;1-3-4-5-6(2)7;1-3-4(2)5;2*1-3-2;3*1-2;/h7H,4-6H2,1-3H3;2*6H,4-5H2,1-3H3;3-5H2,1-2H3;3H2,1-2H3;2*3H2,1-2H3;2*1-2H3;1H2;1H4/i;;;;;;;1T;;;. The highest BCUT2D eigenvalue weighted by atomic mass is 16.1. The Morgan fingerprint density at radius 1 is 0.500 bits per heavy atom. The number of hydrogen-bond acceptors (Lipinski definition) is 6. The maximum atomic E-state index is 10.6. The molecule has 3 unspecified atom stereocenters. The Morgan fingerprint density at radius 2 is 0.720 bits per heavy atom. The predicted octanol–water partition coefficient (Wildman–Crippen LogP) is 14.5. The zero-order valence-corrected chi connectivity index (χ0v) is 37.3. The first kappa shape index (κ1) is 73.4. The first-order chi connectivity index (χ1) is 23.3. The molecule has 0 aromatic rings. The molecule has 0 radical (unpaired) electrons. The summed E-state index contributed by atoms with van der Waals surface area (Å²) in [4.78, 5) is 59.7. The van der Waals surface area contributed by atoms with Crippen molar-refractivity contribution in [3.05, 3.63) is 0 Å². The van der Waals surface area contributed by atoms with Gasteiger partial charge in [0.1, 0.15) is 35.7 Å². The minimum Gasteiger partial charge on any atom is -0.307 e. The Morgan fingerprint density at radius 3 is 0.820 bits per heavy atom. The van der Waals surface area contributed by atoms with Crippen molar-refractivity contribution in [1.29, 1.82) is 0 Å². The molecule has 6 heteroatoms. The summed E-state index contributed by atoms with van der Waals surface area (Å²) < 4.78 is 6.21. The normalized spacial score (nSPS) is 9.96. The van der Waals surface area contributed by atoms with Gasteiger partial charge in [0, 0.05) is 32.0 Å². The van der Waals surface area contributed by atoms with E-state index in [2.05, 4.69) is 55.4 Å². The van der Waals surface area contributed by atoms with Gasteiger partial charge in [-0.1, -0.05) is 163 Å². The largest absolute Gasteiger partial charge is 0.307 e. The third kappa shape index (κ3) is 138. The smallest absolute Gasteiger partial charge is 0.132 e. The van der Waals surface area contributed by atoms with Crippen LogP contribution >= 0.6 is 0 Å². The molecule has 0 bridgehead atoms. The van der Waals surface area contributed by atoms with Crippen molar-refractivity contribution in [2.75, 3.05) is 0 Å². The van der Waals surface area contributed by atoms with Crippen molar-refractivity contribution in [3.8, 4) is 0 Å². The number of rotatable bonds is 14. The third-order valence-corrected chi connectivity index (χ3v) is 5.90. The molecule has 0 N–H and O–H groups in total. The third-order valence-electron chi connectivity index (χ3n) is 5.90. The molecule has 50 heavy (non-hydrogen) atoms. The second kappa shape index (κ2) is 81.2. The number of ketones is 5. The van der Waals surface area contributed by atoms with E-state index in [4.69, 9.17) is 6.17 Å². The van der Waals surface area contributed by atoms with Crippen LogP contribution in [-0.2, 0) is 28.8 Å². The van der Waals surface area contributed by atoms with E-state index in [-0.39, 0.29) is 31.0 Å². The maximum absolute atomic E-state index is 10.6. The van der Waals surface area contributed by atoms with Crippen LogP contribution in [0.25, 0.3) is 0 Å². The maximum Gasteiger partial charge on any atom is 0.132 e. The zero-order chi connectivity index (χ0) is 42.5. The summed E-state index contributed by atoms with van der Waals surface area (Å²) >= 11 is 0. The van der Waals surface area contributed by atoms with Crippen molar-refractivity contribution in [3.63, 3.8) is 0 Å². The molecule has 0 saturated heterocycles. The molecule has 0 fully saturated rings. The molecule has 0 heterocycles. The quantitative estimate of drug-likeness (QED) is 0.177. The van der Waals surface area contributed by atoms with Gasteiger partial charge in [-0.25, -0.2) is 0 Å². The summed E-state index contributed by atoms with van der Waals surface area (Å²) in [6, 6.07) is 0. The fourth-order valence-corrected chi connectivity index (χ4v) is 2.41. The van der Waals surface area contributed by atoms with Gasteiger partial charge in [-0.3, -0.25) is 14.4 Å². The molecular weight excluding hydrogens is 624 g/mol. The molecule has 310 valence electrons. The monoisotopic (exact) mass is 725 g/mol. The summed E-state index contributed by atoms with van der Waals surface area (Å²) in [7, 11) is 0. The zero-order valence-electron chi connectivity index (χ0n) is 38.3. The van der Waals surface area contributed by atoms with E-state index in [9.17, 15) is 24.0 Å². The molecule has 0 spiro atoms. The van der Waals surface area contributed by atoms with Gasteiger partial charge < -0.3 is 14.4 Å². The molecule has 6 nitrogen and oxygen atoms in total. The van der Waals surface area contributed by atoms with Crippen LogP contribution in [0.2, 0.25) is 0 Å². The summed E-state index contributed by atoms with van der Waals surface area (Å²) in [5.74, 6) is 2.35. The van der Waals surface area contributed by atoms with Crippen LogP contribution in [-0.4, -0.2) is 35.7 Å². The molecule has 0 saturated carbocycles. The van der Waals surface area contributed by atoms with E-state index >= 15 is 0 Å². The highest BCUT2D eigenvalue weighted by Crippen LogP contribution is 2.07. The topological polar surface area (TPSA) is 102 Å². The summed E-state index contributed by atoms with van der Waals surface area (Å²) in [6.07, 6.45) is 13.8. The molecule has 0 aliphatic carbocycles. The molecule has 3 atom stereocenters. The fraction of sp³-hybridized carbons (Fsp3) is 0.864. The summed E-state index contributed by atoms with van der Waals surface area (Å²) in [5, 5.41) is 0. The average molecular weight is 725 g/mol. The Hall–Kier alpha value is -1.98. The molecule has 0 aromatic carbocycles. The Labute approximate surface area is 319 Å². The van der Waals surface area contributed by atoms with Gasteiger partial charge in [0.05, 0.1) is 0 Å². The first-order valence-electron chi connectivity index (χ1n) is 20.1. The molecule has 0 aliphatic rings.